The second-order valence-corrected chi connectivity index (χ2v) is 5.03. The molecule has 0 aliphatic carbocycles. The van der Waals surface area contributed by atoms with E-state index < -0.39 is 0 Å². The van der Waals surface area contributed by atoms with Crippen molar-refractivity contribution in [3.05, 3.63) is 67.4 Å². The minimum Gasteiger partial charge on any atom is -0.359 e. The highest BCUT2D eigenvalue weighted by Crippen LogP contribution is 2.19. The van der Waals surface area contributed by atoms with Crippen molar-refractivity contribution in [1.82, 2.24) is 0 Å². The molecular formula is C22H37NS. The summed E-state index contributed by atoms with van der Waals surface area (Å²) in [5, 5.41) is 3.38. The van der Waals surface area contributed by atoms with Crippen LogP contribution >= 0.6 is 12.2 Å². The maximum absolute atomic E-state index is 4.11. The number of allylic oxidation sites excluding steroid dienone is 3. The third kappa shape index (κ3) is 16.7. The van der Waals surface area contributed by atoms with E-state index in [0.717, 1.165) is 11.4 Å². The fraction of sp³-hybridized carbons (Fsp3) is 0.409. The Morgan fingerprint density at radius 3 is 1.96 bits per heavy atom. The van der Waals surface area contributed by atoms with Crippen LogP contribution in [0.1, 0.15) is 52.5 Å². The van der Waals surface area contributed by atoms with E-state index in [-0.39, 0.29) is 0 Å². The number of nitrogens with one attached hydrogen (secondary N) is 1. The van der Waals surface area contributed by atoms with Crippen molar-refractivity contribution in [3.63, 3.8) is 0 Å². The van der Waals surface area contributed by atoms with Crippen LogP contribution in [0.4, 0.5) is 5.69 Å². The normalized spacial score (nSPS) is 9.38. The maximum atomic E-state index is 4.11. The fourth-order valence-electron chi connectivity index (χ4n) is 1.63. The first-order valence-electron chi connectivity index (χ1n) is 8.59. The zero-order chi connectivity index (χ0) is 19.4. The Bertz CT molecular complexity index is 414. The van der Waals surface area contributed by atoms with Gasteiger partial charge in [-0.25, -0.2) is 0 Å². The van der Waals surface area contributed by atoms with Crippen molar-refractivity contribution >= 4 is 23.8 Å². The van der Waals surface area contributed by atoms with Crippen LogP contribution in [0.5, 0.6) is 0 Å². The summed E-state index contributed by atoms with van der Waals surface area (Å²) in [4.78, 5) is 0. The van der Waals surface area contributed by atoms with E-state index in [1.54, 1.807) is 12.2 Å². The highest BCUT2D eigenvalue weighted by molar-refractivity contribution is 7.77. The Kier molecular flexibility index (Phi) is 24.2. The molecule has 1 nitrogen and oxygen atoms in total. The number of anilines is 1. The van der Waals surface area contributed by atoms with Crippen molar-refractivity contribution in [2.45, 2.75) is 53.9 Å². The lowest BCUT2D eigenvalue weighted by atomic mass is 10.0. The van der Waals surface area contributed by atoms with Crippen LogP contribution in [0, 0.1) is 12.8 Å². The summed E-state index contributed by atoms with van der Waals surface area (Å²) < 4.78 is 0. The van der Waals surface area contributed by atoms with Crippen LogP contribution in [0.15, 0.2) is 61.9 Å². The molecule has 1 aromatic rings. The lowest BCUT2D eigenvalue weighted by Gasteiger charge is -2.16. The molecule has 0 amide bonds. The van der Waals surface area contributed by atoms with Gasteiger partial charge in [-0.2, -0.15) is 0 Å². The number of thiocarbonyl (C=S) groups is 1. The second-order valence-electron chi connectivity index (χ2n) is 5.03. The number of rotatable bonds is 7. The largest absolute Gasteiger partial charge is 0.359 e. The van der Waals surface area contributed by atoms with E-state index in [0.29, 0.717) is 5.92 Å². The molecule has 2 heteroatoms. The van der Waals surface area contributed by atoms with E-state index in [9.17, 15) is 0 Å². The molecule has 0 heterocycles. The zero-order valence-corrected chi connectivity index (χ0v) is 17.2. The summed E-state index contributed by atoms with van der Waals surface area (Å²) in [5.74, 6) is 3.38. The molecule has 0 spiro atoms. The van der Waals surface area contributed by atoms with Crippen LogP contribution < -0.4 is 5.32 Å². The highest BCUT2D eigenvalue weighted by Gasteiger charge is 2.05. The first kappa shape index (κ1) is 27.2. The fourth-order valence-corrected chi connectivity index (χ4v) is 1.63. The molecule has 0 fully saturated rings. The standard InChI is InChI=1S/C15H23N.C4H6.C2H6.CH2S/c1-5-6-7-13(3)14(4)16-15-10-8-12(2)9-11-15;1-3-4-2;2*1-2/h8-11,13,16H,4-7H2,1-3H3;3-4H,1-2H2;1-2H3;1H2. The Balaban J connectivity index is -0.000000471. The first-order valence-corrected chi connectivity index (χ1v) is 9.17. The van der Waals surface area contributed by atoms with Crippen molar-refractivity contribution in [2.24, 2.45) is 5.92 Å². The molecule has 1 N–H and O–H groups in total. The van der Waals surface area contributed by atoms with E-state index in [4.69, 9.17) is 0 Å². The third-order valence-corrected chi connectivity index (χ3v) is 3.11. The molecule has 0 aliphatic rings. The van der Waals surface area contributed by atoms with Crippen LogP contribution in [0.2, 0.25) is 0 Å². The number of benzene rings is 1. The Morgan fingerprint density at radius 2 is 1.58 bits per heavy atom. The lowest BCUT2D eigenvalue weighted by Crippen LogP contribution is -2.07. The summed E-state index contributed by atoms with van der Waals surface area (Å²) in [7, 11) is 0. The molecule has 1 atom stereocenters. The summed E-state index contributed by atoms with van der Waals surface area (Å²) >= 11 is 3.83. The monoisotopic (exact) mass is 347 g/mol. The van der Waals surface area contributed by atoms with Gasteiger partial charge in [0.25, 0.3) is 0 Å². The van der Waals surface area contributed by atoms with Crippen molar-refractivity contribution in [1.29, 1.82) is 0 Å². The molecular weight excluding hydrogens is 310 g/mol. The summed E-state index contributed by atoms with van der Waals surface area (Å²) in [6.07, 6.45) is 7.02. The van der Waals surface area contributed by atoms with Crippen molar-refractivity contribution in [3.8, 4) is 0 Å². The molecule has 0 aromatic heterocycles. The Labute approximate surface area is 156 Å². The first-order chi connectivity index (χ1) is 11.5. The van der Waals surface area contributed by atoms with Gasteiger partial charge < -0.3 is 5.32 Å². The molecule has 0 saturated heterocycles. The van der Waals surface area contributed by atoms with Gasteiger partial charge in [-0.05, 0) is 37.3 Å². The topological polar surface area (TPSA) is 12.0 Å². The molecule has 0 bridgehead atoms. The number of hydrogen-bond donors (Lipinski definition) is 1. The van der Waals surface area contributed by atoms with Crippen LogP contribution in [0.25, 0.3) is 0 Å². The molecule has 1 rings (SSSR count). The van der Waals surface area contributed by atoms with E-state index in [1.807, 2.05) is 13.8 Å². The number of aryl methyl sites for hydroxylation is 1. The summed E-state index contributed by atoms with van der Waals surface area (Å²) in [6.45, 7) is 21.4. The van der Waals surface area contributed by atoms with Gasteiger partial charge >= 0.3 is 0 Å². The molecule has 0 saturated carbocycles. The molecule has 0 radical (unpaired) electrons. The summed E-state index contributed by atoms with van der Waals surface area (Å²) in [6, 6.07) is 8.44. The Hall–Kier alpha value is -1.67. The van der Waals surface area contributed by atoms with Crippen molar-refractivity contribution < 1.29 is 0 Å². The van der Waals surface area contributed by atoms with Gasteiger partial charge in [-0.1, -0.05) is 102 Å². The van der Waals surface area contributed by atoms with Crippen molar-refractivity contribution in [2.75, 3.05) is 5.32 Å². The van der Waals surface area contributed by atoms with Gasteiger partial charge in [0.1, 0.15) is 0 Å². The quantitative estimate of drug-likeness (QED) is 0.400. The van der Waals surface area contributed by atoms with E-state index >= 15 is 0 Å². The SMILES string of the molecule is C=C(Nc1ccc(C)cc1)C(C)CCCC.C=CC=C.C=S.CC. The van der Waals surface area contributed by atoms with Gasteiger partial charge in [0.05, 0.1) is 0 Å². The zero-order valence-electron chi connectivity index (χ0n) is 16.4. The molecule has 1 unspecified atom stereocenters. The predicted octanol–water partition coefficient (Wildman–Crippen LogP) is 7.75. The molecule has 0 aliphatic heterocycles. The van der Waals surface area contributed by atoms with Gasteiger partial charge in [0.15, 0.2) is 0 Å². The average Bonchev–Trinajstić information content (AvgIpc) is 2.65. The van der Waals surface area contributed by atoms with Crippen LogP contribution in [-0.2, 0) is 0 Å². The number of hydrogen-bond acceptors (Lipinski definition) is 2. The smallest absolute Gasteiger partial charge is 0.0381 e. The molecule has 24 heavy (non-hydrogen) atoms. The van der Waals surface area contributed by atoms with E-state index in [1.165, 1.54) is 24.8 Å². The van der Waals surface area contributed by atoms with Gasteiger partial charge in [-0.3, -0.25) is 0 Å². The van der Waals surface area contributed by atoms with E-state index in [2.05, 4.69) is 88.2 Å². The van der Waals surface area contributed by atoms with Gasteiger partial charge in [-0.15, -0.1) is 0 Å². The molecule has 1 aromatic carbocycles. The van der Waals surface area contributed by atoms with Gasteiger partial charge in [0.2, 0.25) is 0 Å². The van der Waals surface area contributed by atoms with Crippen LogP contribution in [0.3, 0.4) is 0 Å². The minimum absolute atomic E-state index is 0.543. The average molecular weight is 348 g/mol. The minimum atomic E-state index is 0.543. The second kappa shape index (κ2) is 21.3. The summed E-state index contributed by atoms with van der Waals surface area (Å²) in [5.41, 5.74) is 3.55. The highest BCUT2D eigenvalue weighted by atomic mass is 32.1. The third-order valence-electron chi connectivity index (χ3n) is 3.11. The van der Waals surface area contributed by atoms with Crippen LogP contribution in [-0.4, -0.2) is 5.87 Å². The number of unbranched alkanes of at least 4 members (excludes halogenated alkanes) is 1. The Morgan fingerprint density at radius 1 is 1.12 bits per heavy atom. The molecule has 136 valence electrons. The van der Waals surface area contributed by atoms with Gasteiger partial charge in [0, 0.05) is 11.4 Å². The predicted molar refractivity (Wildman–Crippen MR) is 119 cm³/mol. The maximum Gasteiger partial charge on any atom is 0.0381 e. The lowest BCUT2D eigenvalue weighted by molar-refractivity contribution is 0.576.